The van der Waals surface area contributed by atoms with E-state index in [1.165, 1.54) is 5.69 Å². The molecule has 196 valence electrons. The largest absolute Gasteiger partial charge is 0.470 e. The minimum absolute atomic E-state index is 0.0825. The van der Waals surface area contributed by atoms with Gasteiger partial charge in [0.15, 0.2) is 12.5 Å². The average molecular weight is 532 g/mol. The van der Waals surface area contributed by atoms with E-state index in [9.17, 15) is 0 Å². The van der Waals surface area contributed by atoms with Crippen LogP contribution in [0.4, 0.5) is 17.3 Å². The van der Waals surface area contributed by atoms with Crippen LogP contribution in [0.3, 0.4) is 0 Å². The smallest absolute Gasteiger partial charge is 0.181 e. The predicted molar refractivity (Wildman–Crippen MR) is 155 cm³/mol. The molecule has 2 aromatic heterocycles. The summed E-state index contributed by atoms with van der Waals surface area (Å²) >= 11 is 6.62. The molecule has 38 heavy (non-hydrogen) atoms. The summed E-state index contributed by atoms with van der Waals surface area (Å²) in [4.78, 5) is 16.8. The Morgan fingerprint density at radius 3 is 2.68 bits per heavy atom. The van der Waals surface area contributed by atoms with E-state index in [4.69, 9.17) is 27.1 Å². The maximum atomic E-state index is 6.62. The van der Waals surface area contributed by atoms with E-state index in [2.05, 4.69) is 66.3 Å². The van der Waals surface area contributed by atoms with Crippen LogP contribution >= 0.6 is 11.6 Å². The van der Waals surface area contributed by atoms with Crippen LogP contribution in [0.25, 0.3) is 10.9 Å². The van der Waals surface area contributed by atoms with Gasteiger partial charge < -0.3 is 30.6 Å². The fourth-order valence-corrected chi connectivity index (χ4v) is 4.69. The number of para-hydroxylation sites is 1. The monoisotopic (exact) mass is 531 g/mol. The minimum atomic E-state index is 0.0825. The number of nitrogens with one attached hydrogen (secondary N) is 3. The zero-order valence-corrected chi connectivity index (χ0v) is 21.9. The van der Waals surface area contributed by atoms with Crippen molar-refractivity contribution >= 4 is 52.4 Å². The standard InChI is InChI=1S/C27H30ClN9O/c1-18-14-20-21(32-18)8-9-22(27(20)28)38-17-31-26(16-24(30-2)33-25-15-23(29)34-35-25)37-12-10-36(11-13-37)19-6-4-3-5-7-19/h3-9,14-16,32H,2,10-13,17H2,1H3,(H4,29,33,34,35)/b24-16+,31-26+. The third-order valence-electron chi connectivity index (χ3n) is 6.30. The van der Waals surface area contributed by atoms with Crippen LogP contribution in [0.5, 0.6) is 5.75 Å². The van der Waals surface area contributed by atoms with Crippen LogP contribution in [-0.2, 0) is 0 Å². The average Bonchev–Trinajstić information content (AvgIpc) is 3.53. The molecule has 0 spiro atoms. The Balaban J connectivity index is 1.35. The summed E-state index contributed by atoms with van der Waals surface area (Å²) in [5.41, 5.74) is 8.97. The molecule has 0 radical (unpaired) electrons. The molecule has 10 nitrogen and oxygen atoms in total. The van der Waals surface area contributed by atoms with Crippen molar-refractivity contribution in [3.63, 3.8) is 0 Å². The van der Waals surface area contributed by atoms with Crippen LogP contribution in [0, 0.1) is 6.92 Å². The molecule has 1 fully saturated rings. The second kappa shape index (κ2) is 11.3. The molecule has 0 amide bonds. The number of benzene rings is 2. The van der Waals surface area contributed by atoms with Gasteiger partial charge in [0.25, 0.3) is 0 Å². The van der Waals surface area contributed by atoms with Crippen molar-refractivity contribution in [3.05, 3.63) is 77.2 Å². The first kappa shape index (κ1) is 25.2. The molecule has 0 unspecified atom stereocenters. The van der Waals surface area contributed by atoms with Crippen molar-refractivity contribution in [1.29, 1.82) is 0 Å². The minimum Gasteiger partial charge on any atom is -0.470 e. The summed E-state index contributed by atoms with van der Waals surface area (Å²) in [6, 6.07) is 17.9. The Hall–Kier alpha value is -4.44. The van der Waals surface area contributed by atoms with Crippen molar-refractivity contribution in [2.75, 3.05) is 48.9 Å². The number of fused-ring (bicyclic) bond motifs is 1. The topological polar surface area (TPSA) is 123 Å². The first-order valence-corrected chi connectivity index (χ1v) is 12.6. The van der Waals surface area contributed by atoms with Gasteiger partial charge >= 0.3 is 0 Å². The number of amidine groups is 1. The van der Waals surface area contributed by atoms with Gasteiger partial charge in [0.1, 0.15) is 23.2 Å². The molecule has 0 aliphatic carbocycles. The van der Waals surface area contributed by atoms with E-state index in [0.29, 0.717) is 34.1 Å². The molecule has 4 aromatic rings. The number of nitrogens with two attached hydrogens (primary N) is 1. The number of H-pyrrole nitrogens is 2. The number of aromatic nitrogens is 3. The van der Waals surface area contributed by atoms with Crippen molar-refractivity contribution < 1.29 is 4.74 Å². The van der Waals surface area contributed by atoms with Gasteiger partial charge in [0.05, 0.1) is 5.02 Å². The number of anilines is 3. The molecule has 5 rings (SSSR count). The first-order chi connectivity index (χ1) is 18.5. The molecular formula is C27H30ClN9O. The lowest BCUT2D eigenvalue weighted by Crippen LogP contribution is -2.48. The Kier molecular flexibility index (Phi) is 7.50. The quantitative estimate of drug-likeness (QED) is 0.194. The Morgan fingerprint density at radius 1 is 1.18 bits per heavy atom. The highest BCUT2D eigenvalue weighted by molar-refractivity contribution is 6.37. The summed E-state index contributed by atoms with van der Waals surface area (Å²) in [6.45, 7) is 9.04. The molecule has 0 bridgehead atoms. The molecule has 0 saturated carbocycles. The lowest BCUT2D eigenvalue weighted by Gasteiger charge is -2.37. The fourth-order valence-electron chi connectivity index (χ4n) is 4.41. The summed E-state index contributed by atoms with van der Waals surface area (Å²) < 4.78 is 6.00. The number of hydrogen-bond donors (Lipinski definition) is 4. The van der Waals surface area contributed by atoms with Gasteiger partial charge in [-0.05, 0) is 44.0 Å². The number of hydrogen-bond acceptors (Lipinski definition) is 7. The van der Waals surface area contributed by atoms with Crippen LogP contribution < -0.4 is 20.7 Å². The molecule has 1 aliphatic rings. The Bertz CT molecular complexity index is 1470. The second-order valence-corrected chi connectivity index (χ2v) is 9.29. The van der Waals surface area contributed by atoms with Crippen LogP contribution in [0.2, 0.25) is 5.02 Å². The van der Waals surface area contributed by atoms with Crippen molar-refractivity contribution in [2.45, 2.75) is 6.92 Å². The Labute approximate surface area is 225 Å². The number of aromatic amines is 2. The number of nitrogens with zero attached hydrogens (tertiary/aromatic N) is 5. The summed E-state index contributed by atoms with van der Waals surface area (Å²) in [5.74, 6) is 2.76. The second-order valence-electron chi connectivity index (χ2n) is 8.91. The lowest BCUT2D eigenvalue weighted by atomic mass is 10.2. The number of aliphatic imine (C=N–C) groups is 2. The third-order valence-corrected chi connectivity index (χ3v) is 6.69. The fraction of sp³-hybridized carbons (Fsp3) is 0.222. The first-order valence-electron chi connectivity index (χ1n) is 12.3. The van der Waals surface area contributed by atoms with Gasteiger partial charge in [-0.1, -0.05) is 29.8 Å². The van der Waals surface area contributed by atoms with Gasteiger partial charge in [-0.15, -0.1) is 0 Å². The van der Waals surface area contributed by atoms with Crippen molar-refractivity contribution in [3.8, 4) is 5.75 Å². The van der Waals surface area contributed by atoms with E-state index in [0.717, 1.165) is 42.8 Å². The molecule has 1 saturated heterocycles. The summed E-state index contributed by atoms with van der Waals surface area (Å²) in [6.07, 6.45) is 1.83. The zero-order valence-electron chi connectivity index (χ0n) is 21.1. The highest BCUT2D eigenvalue weighted by atomic mass is 35.5. The number of aryl methyl sites for hydroxylation is 1. The van der Waals surface area contributed by atoms with Gasteiger partial charge in [0, 0.05) is 60.6 Å². The molecule has 3 heterocycles. The predicted octanol–water partition coefficient (Wildman–Crippen LogP) is 4.65. The third kappa shape index (κ3) is 5.76. The molecule has 5 N–H and O–H groups in total. The summed E-state index contributed by atoms with van der Waals surface area (Å²) in [5, 5.41) is 11.4. The SMILES string of the molecule is C=N/C(=C\C(=N/COc1ccc2[nH]c(C)cc2c1Cl)N1CCN(c2ccccc2)CC1)Nc1cc(N)[nH]n1. The number of ether oxygens (including phenoxy) is 1. The molecular weight excluding hydrogens is 502 g/mol. The molecule has 1 aliphatic heterocycles. The molecule has 0 atom stereocenters. The maximum Gasteiger partial charge on any atom is 0.181 e. The van der Waals surface area contributed by atoms with Crippen LogP contribution in [-0.4, -0.2) is 65.5 Å². The van der Waals surface area contributed by atoms with Gasteiger partial charge in [0.2, 0.25) is 0 Å². The molecule has 2 aromatic carbocycles. The Morgan fingerprint density at radius 2 is 1.97 bits per heavy atom. The summed E-state index contributed by atoms with van der Waals surface area (Å²) in [7, 11) is 0. The van der Waals surface area contributed by atoms with Gasteiger partial charge in [-0.3, -0.25) is 5.10 Å². The normalized spacial score (nSPS) is 14.7. The molecule has 11 heteroatoms. The number of halogens is 1. The van der Waals surface area contributed by atoms with Gasteiger partial charge in [-0.25, -0.2) is 9.98 Å². The maximum absolute atomic E-state index is 6.62. The highest BCUT2D eigenvalue weighted by Gasteiger charge is 2.20. The van der Waals surface area contributed by atoms with E-state index in [1.54, 1.807) is 6.07 Å². The lowest BCUT2D eigenvalue weighted by molar-refractivity contribution is 0.324. The highest BCUT2D eigenvalue weighted by Crippen LogP contribution is 2.33. The van der Waals surface area contributed by atoms with Gasteiger partial charge in [-0.2, -0.15) is 5.10 Å². The number of piperazine rings is 1. The van der Waals surface area contributed by atoms with Crippen molar-refractivity contribution in [2.24, 2.45) is 9.98 Å². The van der Waals surface area contributed by atoms with E-state index in [-0.39, 0.29) is 6.73 Å². The number of rotatable bonds is 8. The van der Waals surface area contributed by atoms with E-state index < -0.39 is 0 Å². The van der Waals surface area contributed by atoms with Crippen LogP contribution in [0.1, 0.15) is 5.69 Å². The van der Waals surface area contributed by atoms with Crippen LogP contribution in [0.15, 0.2) is 76.5 Å². The number of nitrogen functional groups attached to an aromatic ring is 1. The van der Waals surface area contributed by atoms with E-state index >= 15 is 0 Å². The zero-order chi connectivity index (χ0) is 26.5. The van der Waals surface area contributed by atoms with E-state index in [1.807, 2.05) is 37.3 Å². The van der Waals surface area contributed by atoms with Crippen molar-refractivity contribution in [1.82, 2.24) is 20.1 Å².